The van der Waals surface area contributed by atoms with Gasteiger partial charge in [0.15, 0.2) is 5.96 Å². The second-order valence-corrected chi connectivity index (χ2v) is 8.75. The largest absolute Gasteiger partial charge is 0.497 e. The molecule has 0 saturated carbocycles. The molecule has 0 saturated heterocycles. The van der Waals surface area contributed by atoms with E-state index in [4.69, 9.17) is 14.5 Å². The molecule has 198 valence electrons. The van der Waals surface area contributed by atoms with Crippen LogP contribution in [0.1, 0.15) is 35.2 Å². The molecule has 6 nitrogen and oxygen atoms in total. The molecular formula is C29H28F3N3O3. The van der Waals surface area contributed by atoms with Crippen LogP contribution in [-0.4, -0.2) is 31.0 Å². The van der Waals surface area contributed by atoms with Gasteiger partial charge < -0.3 is 19.7 Å². The fourth-order valence-electron chi connectivity index (χ4n) is 4.27. The monoisotopic (exact) mass is 523 g/mol. The van der Waals surface area contributed by atoms with Gasteiger partial charge in [0.25, 0.3) is 0 Å². The van der Waals surface area contributed by atoms with Crippen LogP contribution < -0.4 is 10.1 Å². The van der Waals surface area contributed by atoms with Gasteiger partial charge in [0.05, 0.1) is 44.5 Å². The number of guanidine groups is 1. The highest BCUT2D eigenvalue weighted by atomic mass is 19.4. The summed E-state index contributed by atoms with van der Waals surface area (Å²) in [6.45, 7) is 2.31. The van der Waals surface area contributed by atoms with Gasteiger partial charge in [0.1, 0.15) is 5.75 Å². The number of benzene rings is 3. The average molecular weight is 524 g/mol. The van der Waals surface area contributed by atoms with Crippen molar-refractivity contribution in [1.82, 2.24) is 10.2 Å². The van der Waals surface area contributed by atoms with Crippen molar-refractivity contribution in [3.8, 4) is 5.75 Å². The van der Waals surface area contributed by atoms with E-state index in [1.165, 1.54) is 19.2 Å². The molecule has 0 aliphatic carbocycles. The van der Waals surface area contributed by atoms with Crippen molar-refractivity contribution in [2.75, 3.05) is 14.2 Å². The number of ether oxygens (including phenoxy) is 2. The molecule has 0 bridgehead atoms. The van der Waals surface area contributed by atoms with Crippen molar-refractivity contribution >= 4 is 11.9 Å². The van der Waals surface area contributed by atoms with Crippen LogP contribution in [0.4, 0.5) is 13.2 Å². The van der Waals surface area contributed by atoms with E-state index in [2.05, 4.69) is 5.32 Å². The Balaban J connectivity index is 1.75. The molecule has 38 heavy (non-hydrogen) atoms. The molecule has 0 spiro atoms. The molecule has 9 heteroatoms. The topological polar surface area (TPSA) is 63.2 Å². The van der Waals surface area contributed by atoms with E-state index in [1.54, 1.807) is 18.9 Å². The van der Waals surface area contributed by atoms with Gasteiger partial charge >= 0.3 is 12.1 Å². The smallest absolute Gasteiger partial charge is 0.416 e. The van der Waals surface area contributed by atoms with Crippen LogP contribution in [0.2, 0.25) is 0 Å². The van der Waals surface area contributed by atoms with Crippen molar-refractivity contribution in [1.29, 1.82) is 0 Å². The van der Waals surface area contributed by atoms with Crippen LogP contribution in [0, 0.1) is 0 Å². The number of rotatable bonds is 7. The predicted molar refractivity (Wildman–Crippen MR) is 138 cm³/mol. The molecular weight excluding hydrogens is 495 g/mol. The first-order chi connectivity index (χ1) is 18.2. The number of carbonyl (C=O) groups excluding carboxylic acids is 1. The average Bonchev–Trinajstić information content (AvgIpc) is 2.93. The van der Waals surface area contributed by atoms with E-state index in [0.29, 0.717) is 29.3 Å². The highest BCUT2D eigenvalue weighted by Crippen LogP contribution is 2.33. The van der Waals surface area contributed by atoms with Gasteiger partial charge in [-0.25, -0.2) is 9.79 Å². The second kappa shape index (κ2) is 11.4. The summed E-state index contributed by atoms with van der Waals surface area (Å²) >= 11 is 0. The van der Waals surface area contributed by atoms with Crippen LogP contribution in [0.5, 0.6) is 5.75 Å². The van der Waals surface area contributed by atoms with Crippen molar-refractivity contribution in [3.63, 3.8) is 0 Å². The highest BCUT2D eigenvalue weighted by Gasteiger charge is 2.35. The lowest BCUT2D eigenvalue weighted by atomic mass is 9.94. The number of halogens is 3. The zero-order chi connectivity index (χ0) is 27.3. The Morgan fingerprint density at radius 1 is 0.947 bits per heavy atom. The van der Waals surface area contributed by atoms with Crippen molar-refractivity contribution < 1.29 is 27.4 Å². The Hall–Kier alpha value is -4.27. The molecule has 1 unspecified atom stereocenters. The third-order valence-corrected chi connectivity index (χ3v) is 6.34. The standard InChI is InChI=1S/C29H28F3N3O3/c1-19-25(27(36)38-3)26(22-7-5-4-6-8-22)34-28(33-17-20-11-15-24(37-2)16-12-20)35(19)18-21-9-13-23(14-10-21)29(30,31)32/h4-16,26H,17-18H2,1-3H3,(H,33,34). The van der Waals surface area contributed by atoms with Gasteiger partial charge in [-0.1, -0.05) is 54.6 Å². The van der Waals surface area contributed by atoms with Gasteiger partial charge in [-0.15, -0.1) is 0 Å². The number of nitrogens with zero attached hydrogens (tertiary/aromatic N) is 2. The zero-order valence-electron chi connectivity index (χ0n) is 21.3. The number of hydrogen-bond donors (Lipinski definition) is 1. The number of aliphatic imine (C=N–C) groups is 1. The number of alkyl halides is 3. The number of allylic oxidation sites excluding steroid dienone is 1. The van der Waals surface area contributed by atoms with Crippen molar-refractivity contribution in [2.45, 2.75) is 32.2 Å². The van der Waals surface area contributed by atoms with Gasteiger partial charge in [0, 0.05) is 5.70 Å². The molecule has 1 aliphatic rings. The first-order valence-electron chi connectivity index (χ1n) is 11.9. The number of nitrogens with one attached hydrogen (secondary N) is 1. The van der Waals surface area contributed by atoms with E-state index >= 15 is 0 Å². The van der Waals surface area contributed by atoms with E-state index in [1.807, 2.05) is 54.6 Å². The van der Waals surface area contributed by atoms with Crippen LogP contribution >= 0.6 is 0 Å². The number of methoxy groups -OCH3 is 2. The first kappa shape index (κ1) is 26.8. The number of carbonyl (C=O) groups is 1. The van der Waals surface area contributed by atoms with E-state index < -0.39 is 23.8 Å². The summed E-state index contributed by atoms with van der Waals surface area (Å²) in [4.78, 5) is 19.5. The molecule has 4 rings (SSSR count). The maximum absolute atomic E-state index is 13.1. The molecule has 1 atom stereocenters. The SMILES string of the molecule is COC(=O)C1=C(C)N(Cc2ccc(C(F)(F)F)cc2)C(=NCc2ccc(OC)cc2)NC1c1ccccc1. The van der Waals surface area contributed by atoms with Gasteiger partial charge in [-0.2, -0.15) is 13.2 Å². The lowest BCUT2D eigenvalue weighted by Gasteiger charge is -2.38. The van der Waals surface area contributed by atoms with E-state index in [9.17, 15) is 18.0 Å². The number of hydrogen-bond acceptors (Lipinski definition) is 4. The Bertz CT molecular complexity index is 1320. The summed E-state index contributed by atoms with van der Waals surface area (Å²) in [6.07, 6.45) is -4.42. The molecule has 0 amide bonds. The minimum atomic E-state index is -4.42. The third-order valence-electron chi connectivity index (χ3n) is 6.34. The molecule has 1 aliphatic heterocycles. The summed E-state index contributed by atoms with van der Waals surface area (Å²) in [5, 5.41) is 3.38. The third kappa shape index (κ3) is 5.99. The van der Waals surface area contributed by atoms with Gasteiger partial charge in [0.2, 0.25) is 0 Å². The summed E-state index contributed by atoms with van der Waals surface area (Å²) in [5.74, 6) is 0.710. The Morgan fingerprint density at radius 2 is 1.58 bits per heavy atom. The molecule has 0 radical (unpaired) electrons. The molecule has 0 aromatic heterocycles. The van der Waals surface area contributed by atoms with Crippen LogP contribution in [-0.2, 0) is 28.8 Å². The molecule has 3 aromatic carbocycles. The van der Waals surface area contributed by atoms with Crippen LogP contribution in [0.25, 0.3) is 0 Å². The summed E-state index contributed by atoms with van der Waals surface area (Å²) < 4.78 is 49.6. The molecule has 1 heterocycles. The fraction of sp³-hybridized carbons (Fsp3) is 0.241. The van der Waals surface area contributed by atoms with Crippen molar-refractivity contribution in [3.05, 3.63) is 112 Å². The van der Waals surface area contributed by atoms with Crippen molar-refractivity contribution in [2.24, 2.45) is 4.99 Å². The minimum absolute atomic E-state index is 0.195. The van der Waals surface area contributed by atoms with Crippen LogP contribution in [0.15, 0.2) is 95.1 Å². The minimum Gasteiger partial charge on any atom is -0.497 e. The van der Waals surface area contributed by atoms with E-state index in [-0.39, 0.29) is 6.54 Å². The summed E-state index contributed by atoms with van der Waals surface area (Å²) in [5.41, 5.74) is 2.67. The Kier molecular flexibility index (Phi) is 8.05. The summed E-state index contributed by atoms with van der Waals surface area (Å²) in [6, 6.07) is 21.4. The highest BCUT2D eigenvalue weighted by molar-refractivity contribution is 5.96. The fourth-order valence-corrected chi connectivity index (χ4v) is 4.27. The van der Waals surface area contributed by atoms with E-state index in [0.717, 1.165) is 29.0 Å². The Labute approximate surface area is 219 Å². The molecule has 1 N–H and O–H groups in total. The predicted octanol–water partition coefficient (Wildman–Crippen LogP) is 5.86. The molecule has 0 fully saturated rings. The summed E-state index contributed by atoms with van der Waals surface area (Å²) in [7, 11) is 2.91. The lowest BCUT2D eigenvalue weighted by molar-refractivity contribution is -0.138. The zero-order valence-corrected chi connectivity index (χ0v) is 21.3. The lowest BCUT2D eigenvalue weighted by Crippen LogP contribution is -2.48. The molecule has 3 aromatic rings. The Morgan fingerprint density at radius 3 is 2.16 bits per heavy atom. The number of esters is 1. The second-order valence-electron chi connectivity index (χ2n) is 8.75. The quantitative estimate of drug-likeness (QED) is 0.393. The normalized spacial score (nSPS) is 16.8. The first-order valence-corrected chi connectivity index (χ1v) is 11.9. The van der Waals surface area contributed by atoms with Gasteiger partial charge in [-0.05, 0) is 47.9 Å². The van der Waals surface area contributed by atoms with Gasteiger partial charge in [-0.3, -0.25) is 0 Å². The van der Waals surface area contributed by atoms with Crippen LogP contribution in [0.3, 0.4) is 0 Å². The maximum atomic E-state index is 13.1. The maximum Gasteiger partial charge on any atom is 0.416 e.